The van der Waals surface area contributed by atoms with Crippen molar-refractivity contribution >= 4 is 23.3 Å². The van der Waals surface area contributed by atoms with Crippen LogP contribution in [0, 0.1) is 0 Å². The summed E-state index contributed by atoms with van der Waals surface area (Å²) in [5.74, 6) is -0.0316. The van der Waals surface area contributed by atoms with E-state index in [4.69, 9.17) is 0 Å². The monoisotopic (exact) mass is 347 g/mol. The van der Waals surface area contributed by atoms with Crippen LogP contribution in [0.25, 0.3) is 0 Å². The highest BCUT2D eigenvalue weighted by atomic mass is 32.1. The molecule has 128 valence electrons. The van der Waals surface area contributed by atoms with Gasteiger partial charge >= 0.3 is 6.03 Å². The van der Waals surface area contributed by atoms with Crippen molar-refractivity contribution in [1.29, 1.82) is 0 Å². The third kappa shape index (κ3) is 3.76. The van der Waals surface area contributed by atoms with E-state index in [9.17, 15) is 9.59 Å². The molecule has 1 fully saturated rings. The lowest BCUT2D eigenvalue weighted by molar-refractivity contribution is 0.0751. The molecule has 1 N–H and O–H groups in total. The number of hydrogen-bond acceptors (Lipinski definition) is 4. The molecule has 2 aromatic rings. The number of urea groups is 1. The van der Waals surface area contributed by atoms with E-state index in [1.807, 2.05) is 17.5 Å². The number of carbonyl (C=O) groups excluding carboxylic acids is 2. The average Bonchev–Trinajstić information content (AvgIpc) is 3.18. The molecule has 0 bridgehead atoms. The van der Waals surface area contributed by atoms with Crippen molar-refractivity contribution in [2.75, 3.05) is 26.2 Å². The predicted octanol–water partition coefficient (Wildman–Crippen LogP) is 1.54. The summed E-state index contributed by atoms with van der Waals surface area (Å²) >= 11 is 1.63. The highest BCUT2D eigenvalue weighted by Crippen LogP contribution is 2.10. The first kappa shape index (κ1) is 16.5. The third-order valence-corrected chi connectivity index (χ3v) is 4.98. The first-order valence-corrected chi connectivity index (χ1v) is 8.85. The van der Waals surface area contributed by atoms with E-state index in [-0.39, 0.29) is 11.9 Å². The molecule has 3 rings (SSSR count). The fourth-order valence-corrected chi connectivity index (χ4v) is 3.40. The molecule has 0 unspecified atom stereocenters. The zero-order valence-electron chi connectivity index (χ0n) is 13.6. The largest absolute Gasteiger partial charge is 0.335 e. The molecule has 0 radical (unpaired) electrons. The van der Waals surface area contributed by atoms with Crippen LogP contribution in [0.15, 0.2) is 29.8 Å². The second kappa shape index (κ2) is 7.48. The minimum absolute atomic E-state index is 0.0316. The molecule has 3 heterocycles. The Hall–Kier alpha value is -2.35. The number of aryl methyl sites for hydroxylation is 1. The van der Waals surface area contributed by atoms with Crippen molar-refractivity contribution in [2.24, 2.45) is 7.05 Å². The number of amides is 3. The summed E-state index contributed by atoms with van der Waals surface area (Å²) in [6.07, 6.45) is 2.39. The Labute approximate surface area is 144 Å². The van der Waals surface area contributed by atoms with Gasteiger partial charge < -0.3 is 15.1 Å². The van der Waals surface area contributed by atoms with E-state index >= 15 is 0 Å². The standard InChI is InChI=1S/C16H21N5O2S/c1-19-14(5-6-18-19)15(22)20-7-3-8-21(10-9-20)16(23)17-12-13-4-2-11-24-13/h2,4-6,11H,3,7-10,12H2,1H3,(H,17,23). The van der Waals surface area contributed by atoms with E-state index in [1.165, 1.54) is 0 Å². The smallest absolute Gasteiger partial charge is 0.317 e. The highest BCUT2D eigenvalue weighted by Gasteiger charge is 2.24. The molecule has 1 aliphatic heterocycles. The molecule has 2 aromatic heterocycles. The summed E-state index contributed by atoms with van der Waals surface area (Å²) in [6, 6.07) is 5.62. The molecule has 0 aliphatic carbocycles. The number of nitrogens with zero attached hydrogens (tertiary/aromatic N) is 4. The first-order valence-electron chi connectivity index (χ1n) is 7.97. The van der Waals surface area contributed by atoms with Crippen molar-refractivity contribution in [1.82, 2.24) is 24.9 Å². The summed E-state index contributed by atoms with van der Waals surface area (Å²) in [5.41, 5.74) is 0.575. The van der Waals surface area contributed by atoms with Crippen molar-refractivity contribution in [2.45, 2.75) is 13.0 Å². The van der Waals surface area contributed by atoms with E-state index in [0.29, 0.717) is 38.4 Å². The van der Waals surface area contributed by atoms with Gasteiger partial charge in [-0.25, -0.2) is 4.79 Å². The van der Waals surface area contributed by atoms with Gasteiger partial charge in [-0.15, -0.1) is 11.3 Å². The van der Waals surface area contributed by atoms with Crippen LogP contribution in [-0.2, 0) is 13.6 Å². The van der Waals surface area contributed by atoms with Crippen LogP contribution in [0.3, 0.4) is 0 Å². The molecule has 24 heavy (non-hydrogen) atoms. The van der Waals surface area contributed by atoms with Gasteiger partial charge in [-0.2, -0.15) is 5.10 Å². The average molecular weight is 347 g/mol. The van der Waals surface area contributed by atoms with Crippen LogP contribution in [0.2, 0.25) is 0 Å². The lowest BCUT2D eigenvalue weighted by Crippen LogP contribution is -2.42. The minimum Gasteiger partial charge on any atom is -0.335 e. The quantitative estimate of drug-likeness (QED) is 0.915. The van der Waals surface area contributed by atoms with Gasteiger partial charge in [0.2, 0.25) is 0 Å². The fraction of sp³-hybridized carbons (Fsp3) is 0.438. The molecular formula is C16H21N5O2S. The van der Waals surface area contributed by atoms with Gasteiger partial charge in [-0.05, 0) is 23.9 Å². The number of nitrogens with one attached hydrogen (secondary N) is 1. The van der Waals surface area contributed by atoms with Gasteiger partial charge in [-0.1, -0.05) is 6.07 Å². The molecule has 1 saturated heterocycles. The molecule has 0 atom stereocenters. The summed E-state index contributed by atoms with van der Waals surface area (Å²) < 4.78 is 1.58. The Bertz CT molecular complexity index is 697. The van der Waals surface area contributed by atoms with Crippen molar-refractivity contribution in [3.05, 3.63) is 40.3 Å². The minimum atomic E-state index is -0.0711. The molecule has 1 aliphatic rings. The highest BCUT2D eigenvalue weighted by molar-refractivity contribution is 7.09. The maximum absolute atomic E-state index is 12.5. The van der Waals surface area contributed by atoms with Crippen LogP contribution >= 0.6 is 11.3 Å². The third-order valence-electron chi connectivity index (χ3n) is 4.10. The number of rotatable bonds is 3. The second-order valence-corrected chi connectivity index (χ2v) is 6.74. The Morgan fingerprint density at radius 1 is 1.21 bits per heavy atom. The number of aromatic nitrogens is 2. The first-order chi connectivity index (χ1) is 11.6. The summed E-state index contributed by atoms with van der Waals surface area (Å²) in [7, 11) is 1.76. The Kier molecular flexibility index (Phi) is 5.14. The number of hydrogen-bond donors (Lipinski definition) is 1. The van der Waals surface area contributed by atoms with Crippen LogP contribution in [0.4, 0.5) is 4.79 Å². The molecular weight excluding hydrogens is 326 g/mol. The summed E-state index contributed by atoms with van der Waals surface area (Å²) in [4.78, 5) is 29.6. The van der Waals surface area contributed by atoms with Gasteiger partial charge in [-0.3, -0.25) is 9.48 Å². The normalized spacial score (nSPS) is 15.2. The topological polar surface area (TPSA) is 70.5 Å². The Balaban J connectivity index is 1.54. The summed E-state index contributed by atoms with van der Waals surface area (Å²) in [6.45, 7) is 2.94. The molecule has 8 heteroatoms. The van der Waals surface area contributed by atoms with E-state index in [0.717, 1.165) is 11.3 Å². The maximum atomic E-state index is 12.5. The fourth-order valence-electron chi connectivity index (χ4n) is 2.76. The van der Waals surface area contributed by atoms with Crippen LogP contribution in [0.5, 0.6) is 0 Å². The van der Waals surface area contributed by atoms with E-state index in [1.54, 1.807) is 45.1 Å². The SMILES string of the molecule is Cn1nccc1C(=O)N1CCCN(C(=O)NCc2cccs2)CC1. The molecule has 0 saturated carbocycles. The van der Waals surface area contributed by atoms with E-state index in [2.05, 4.69) is 10.4 Å². The molecule has 7 nitrogen and oxygen atoms in total. The second-order valence-electron chi connectivity index (χ2n) is 5.71. The number of thiophene rings is 1. The number of carbonyl (C=O) groups is 2. The Morgan fingerprint density at radius 2 is 2.00 bits per heavy atom. The van der Waals surface area contributed by atoms with Crippen molar-refractivity contribution < 1.29 is 9.59 Å². The van der Waals surface area contributed by atoms with Crippen molar-refractivity contribution in [3.8, 4) is 0 Å². The van der Waals surface area contributed by atoms with Gasteiger partial charge in [0.15, 0.2) is 0 Å². The predicted molar refractivity (Wildman–Crippen MR) is 91.9 cm³/mol. The van der Waals surface area contributed by atoms with Crippen molar-refractivity contribution in [3.63, 3.8) is 0 Å². The maximum Gasteiger partial charge on any atom is 0.317 e. The molecule has 0 aromatic carbocycles. The van der Waals surface area contributed by atoms with Crippen LogP contribution in [0.1, 0.15) is 21.8 Å². The lowest BCUT2D eigenvalue weighted by atomic mass is 10.3. The van der Waals surface area contributed by atoms with Crippen LogP contribution in [-0.4, -0.2) is 57.7 Å². The van der Waals surface area contributed by atoms with Gasteiger partial charge in [0.1, 0.15) is 5.69 Å². The van der Waals surface area contributed by atoms with Gasteiger partial charge in [0.05, 0.1) is 6.54 Å². The summed E-state index contributed by atoms with van der Waals surface area (Å²) in [5, 5.41) is 8.98. The van der Waals surface area contributed by atoms with Gasteiger partial charge in [0.25, 0.3) is 5.91 Å². The molecule has 3 amide bonds. The van der Waals surface area contributed by atoms with Gasteiger partial charge in [0, 0.05) is 44.3 Å². The zero-order chi connectivity index (χ0) is 16.9. The lowest BCUT2D eigenvalue weighted by Gasteiger charge is -2.22. The zero-order valence-corrected chi connectivity index (χ0v) is 14.5. The molecule has 0 spiro atoms. The van der Waals surface area contributed by atoms with E-state index < -0.39 is 0 Å². The Morgan fingerprint density at radius 3 is 2.71 bits per heavy atom. The van der Waals surface area contributed by atoms with Crippen LogP contribution < -0.4 is 5.32 Å².